The Bertz CT molecular complexity index is 802. The molecule has 3 aromatic rings. The Kier molecular flexibility index (Phi) is 5.50. The van der Waals surface area contributed by atoms with Crippen molar-refractivity contribution < 1.29 is 4.79 Å². The highest BCUT2D eigenvalue weighted by atomic mass is 35.5. The summed E-state index contributed by atoms with van der Waals surface area (Å²) >= 11 is 16.2. The van der Waals surface area contributed by atoms with Gasteiger partial charge in [0.1, 0.15) is 10.3 Å². The van der Waals surface area contributed by atoms with Gasteiger partial charge >= 0.3 is 0 Å². The van der Waals surface area contributed by atoms with Crippen molar-refractivity contribution in [3.63, 3.8) is 0 Å². The molecule has 1 N–H and O–H groups in total. The number of thiophene rings is 1. The van der Waals surface area contributed by atoms with E-state index in [2.05, 4.69) is 26.6 Å². The van der Waals surface area contributed by atoms with E-state index in [-0.39, 0.29) is 16.2 Å². The Morgan fingerprint density at radius 3 is 2.74 bits per heavy atom. The van der Waals surface area contributed by atoms with Crippen LogP contribution < -0.4 is 5.32 Å². The third-order valence-electron chi connectivity index (χ3n) is 2.57. The lowest BCUT2D eigenvalue weighted by Crippen LogP contribution is -2.12. The van der Waals surface area contributed by atoms with Gasteiger partial charge in [0, 0.05) is 16.2 Å². The van der Waals surface area contributed by atoms with Crippen molar-refractivity contribution in [3.05, 3.63) is 50.4 Å². The van der Waals surface area contributed by atoms with Crippen LogP contribution in [0.3, 0.4) is 0 Å². The summed E-state index contributed by atoms with van der Waals surface area (Å²) in [5.74, 6) is 0.470. The molecule has 0 spiro atoms. The van der Waals surface area contributed by atoms with Crippen LogP contribution >= 0.6 is 57.6 Å². The predicted octanol–water partition coefficient (Wildman–Crippen LogP) is 4.85. The van der Waals surface area contributed by atoms with Crippen molar-refractivity contribution in [1.82, 2.24) is 15.2 Å². The summed E-state index contributed by atoms with van der Waals surface area (Å²) in [6.07, 6.45) is 0. The maximum Gasteiger partial charge on any atom is 0.257 e. The van der Waals surface area contributed by atoms with Crippen molar-refractivity contribution in [2.24, 2.45) is 0 Å². The van der Waals surface area contributed by atoms with Crippen LogP contribution in [-0.4, -0.2) is 21.1 Å². The van der Waals surface area contributed by atoms with Gasteiger partial charge in [-0.1, -0.05) is 52.4 Å². The standard InChI is InChI=1S/C13H8Cl2N4OS3/c14-9-4-7(5-10(15)16-9)11(20)17-12-18-19-13(23-12)22-6-8-2-1-3-21-8/h1-5H,6H2,(H,17,18,20). The Labute approximate surface area is 154 Å². The molecule has 5 nitrogen and oxygen atoms in total. The minimum Gasteiger partial charge on any atom is -0.296 e. The van der Waals surface area contributed by atoms with E-state index >= 15 is 0 Å². The van der Waals surface area contributed by atoms with Gasteiger partial charge in [0.2, 0.25) is 5.13 Å². The third-order valence-corrected chi connectivity index (χ3v) is 6.04. The van der Waals surface area contributed by atoms with E-state index in [1.165, 1.54) is 28.3 Å². The van der Waals surface area contributed by atoms with E-state index in [0.29, 0.717) is 10.7 Å². The van der Waals surface area contributed by atoms with Gasteiger partial charge in [0.25, 0.3) is 5.91 Å². The average Bonchev–Trinajstić information content (AvgIpc) is 3.15. The molecular weight excluding hydrogens is 395 g/mol. The molecule has 3 aromatic heterocycles. The Morgan fingerprint density at radius 1 is 1.26 bits per heavy atom. The molecule has 0 aliphatic rings. The number of nitrogens with one attached hydrogen (secondary N) is 1. The van der Waals surface area contributed by atoms with Crippen LogP contribution in [0.25, 0.3) is 0 Å². The number of anilines is 1. The Balaban J connectivity index is 1.63. The summed E-state index contributed by atoms with van der Waals surface area (Å²) in [5, 5.41) is 13.5. The van der Waals surface area contributed by atoms with E-state index in [0.717, 1.165) is 10.1 Å². The van der Waals surface area contributed by atoms with Crippen LogP contribution in [0.4, 0.5) is 5.13 Å². The topological polar surface area (TPSA) is 67.8 Å². The molecule has 10 heteroatoms. The van der Waals surface area contributed by atoms with E-state index < -0.39 is 0 Å². The SMILES string of the molecule is O=C(Nc1nnc(SCc2cccs2)s1)c1cc(Cl)nc(Cl)c1. The first-order chi connectivity index (χ1) is 11.1. The molecule has 3 rings (SSSR count). The van der Waals surface area contributed by atoms with Gasteiger partial charge in [-0.25, -0.2) is 4.98 Å². The van der Waals surface area contributed by atoms with E-state index in [1.807, 2.05) is 11.4 Å². The quantitative estimate of drug-likeness (QED) is 0.375. The van der Waals surface area contributed by atoms with E-state index in [1.54, 1.807) is 23.1 Å². The summed E-state index contributed by atoms with van der Waals surface area (Å²) in [6.45, 7) is 0. The lowest BCUT2D eigenvalue weighted by atomic mass is 10.2. The Morgan fingerprint density at radius 2 is 2.04 bits per heavy atom. The third kappa shape index (κ3) is 4.65. The first-order valence-corrected chi connectivity index (χ1v) is 9.67. The van der Waals surface area contributed by atoms with Gasteiger partial charge in [-0.3, -0.25) is 10.1 Å². The molecule has 0 aliphatic carbocycles. The first kappa shape index (κ1) is 16.7. The summed E-state index contributed by atoms with van der Waals surface area (Å²) in [4.78, 5) is 17.2. The largest absolute Gasteiger partial charge is 0.296 e. The highest BCUT2D eigenvalue weighted by Gasteiger charge is 2.12. The number of halogens is 2. The summed E-state index contributed by atoms with van der Waals surface area (Å²) in [7, 11) is 0. The smallest absolute Gasteiger partial charge is 0.257 e. The van der Waals surface area contributed by atoms with Gasteiger partial charge < -0.3 is 0 Å². The molecule has 23 heavy (non-hydrogen) atoms. The molecule has 0 bridgehead atoms. The lowest BCUT2D eigenvalue weighted by molar-refractivity contribution is 0.102. The maximum absolute atomic E-state index is 12.1. The van der Waals surface area contributed by atoms with Gasteiger partial charge in [-0.15, -0.1) is 21.5 Å². The molecular formula is C13H8Cl2N4OS3. The van der Waals surface area contributed by atoms with E-state index in [9.17, 15) is 4.79 Å². The summed E-state index contributed by atoms with van der Waals surface area (Å²) in [5.41, 5.74) is 0.318. The zero-order valence-corrected chi connectivity index (χ0v) is 15.3. The molecule has 0 unspecified atom stereocenters. The number of rotatable bonds is 5. The van der Waals surface area contributed by atoms with Crippen LogP contribution in [-0.2, 0) is 5.75 Å². The van der Waals surface area contributed by atoms with Crippen LogP contribution in [0.5, 0.6) is 0 Å². The second kappa shape index (κ2) is 7.59. The molecule has 0 aliphatic heterocycles. The maximum atomic E-state index is 12.1. The number of thioether (sulfide) groups is 1. The second-order valence-electron chi connectivity index (χ2n) is 4.20. The number of amides is 1. The molecule has 0 radical (unpaired) electrons. The highest BCUT2D eigenvalue weighted by Crippen LogP contribution is 2.29. The normalized spacial score (nSPS) is 10.7. The molecule has 0 saturated heterocycles. The summed E-state index contributed by atoms with van der Waals surface area (Å²) < 4.78 is 0.791. The molecule has 0 fully saturated rings. The monoisotopic (exact) mass is 402 g/mol. The molecule has 3 heterocycles. The van der Waals surface area contributed by atoms with Crippen molar-refractivity contribution in [3.8, 4) is 0 Å². The highest BCUT2D eigenvalue weighted by molar-refractivity contribution is 8.00. The van der Waals surface area contributed by atoms with Gasteiger partial charge in [0.15, 0.2) is 4.34 Å². The van der Waals surface area contributed by atoms with Crippen LogP contribution in [0.1, 0.15) is 15.2 Å². The van der Waals surface area contributed by atoms with Crippen LogP contribution in [0.2, 0.25) is 10.3 Å². The van der Waals surface area contributed by atoms with Gasteiger partial charge in [-0.05, 0) is 23.6 Å². The molecule has 0 atom stereocenters. The second-order valence-corrected chi connectivity index (χ2v) is 8.20. The Hall–Kier alpha value is -1.19. The van der Waals surface area contributed by atoms with Crippen molar-refractivity contribution in [2.45, 2.75) is 10.1 Å². The van der Waals surface area contributed by atoms with Crippen molar-refractivity contribution in [1.29, 1.82) is 0 Å². The number of aromatic nitrogens is 3. The number of pyridine rings is 1. The lowest BCUT2D eigenvalue weighted by Gasteiger charge is -2.02. The van der Waals surface area contributed by atoms with E-state index in [4.69, 9.17) is 23.2 Å². The fourth-order valence-electron chi connectivity index (χ4n) is 1.61. The predicted molar refractivity (Wildman–Crippen MR) is 96.0 cm³/mol. The fourth-order valence-corrected chi connectivity index (χ4v) is 4.59. The number of hydrogen-bond acceptors (Lipinski definition) is 7. The number of nitrogens with zero attached hydrogens (tertiary/aromatic N) is 3. The molecule has 118 valence electrons. The first-order valence-electron chi connectivity index (χ1n) is 6.23. The number of hydrogen-bond donors (Lipinski definition) is 1. The van der Waals surface area contributed by atoms with Crippen molar-refractivity contribution >= 4 is 68.7 Å². The zero-order valence-electron chi connectivity index (χ0n) is 11.3. The number of carbonyl (C=O) groups is 1. The fraction of sp³-hybridized carbons (Fsp3) is 0.0769. The molecule has 0 saturated carbocycles. The van der Waals surface area contributed by atoms with Gasteiger partial charge in [-0.2, -0.15) is 0 Å². The average molecular weight is 403 g/mol. The van der Waals surface area contributed by atoms with Crippen LogP contribution in [0, 0.1) is 0 Å². The van der Waals surface area contributed by atoms with Crippen molar-refractivity contribution in [2.75, 3.05) is 5.32 Å². The minimum atomic E-state index is -0.359. The minimum absolute atomic E-state index is 0.159. The van der Waals surface area contributed by atoms with Gasteiger partial charge in [0.05, 0.1) is 0 Å². The molecule has 0 aromatic carbocycles. The van der Waals surface area contributed by atoms with Crippen LogP contribution in [0.15, 0.2) is 34.0 Å². The zero-order chi connectivity index (χ0) is 16.2. The number of carbonyl (C=O) groups excluding carboxylic acids is 1. The summed E-state index contributed by atoms with van der Waals surface area (Å²) in [6, 6.07) is 6.96. The molecule has 1 amide bonds.